The fourth-order valence-electron chi connectivity index (χ4n) is 2.51. The molecular weight excluding hydrogens is 238 g/mol. The number of nitrogens with zero attached hydrogens (tertiary/aromatic N) is 2. The van der Waals surface area contributed by atoms with Crippen molar-refractivity contribution in [2.24, 2.45) is 5.73 Å². The second kappa shape index (κ2) is 5.36. The third kappa shape index (κ3) is 2.58. The third-order valence-electron chi connectivity index (χ3n) is 3.46. The van der Waals surface area contributed by atoms with Crippen molar-refractivity contribution in [1.82, 2.24) is 9.97 Å². The molecule has 4 heteroatoms. The molecule has 19 heavy (non-hydrogen) atoms. The summed E-state index contributed by atoms with van der Waals surface area (Å²) in [6.45, 7) is 0.403. The maximum absolute atomic E-state index is 5.95. The van der Waals surface area contributed by atoms with E-state index in [1.165, 1.54) is 11.1 Å². The third-order valence-corrected chi connectivity index (χ3v) is 3.46. The van der Waals surface area contributed by atoms with Crippen LogP contribution in [0.1, 0.15) is 35.8 Å². The molecule has 4 nitrogen and oxygen atoms in total. The number of benzene rings is 1. The van der Waals surface area contributed by atoms with E-state index in [1.54, 1.807) is 6.20 Å². The molecule has 0 amide bonds. The predicted molar refractivity (Wildman–Crippen MR) is 72.7 cm³/mol. The molecule has 0 saturated heterocycles. The predicted octanol–water partition coefficient (Wildman–Crippen LogP) is 2.39. The molecule has 2 aromatic rings. The highest BCUT2D eigenvalue weighted by atomic mass is 16.5. The molecule has 1 aliphatic rings. The van der Waals surface area contributed by atoms with Gasteiger partial charge in [0, 0.05) is 12.7 Å². The Bertz CT molecular complexity index is 571. The van der Waals surface area contributed by atoms with Gasteiger partial charge in [0.25, 0.3) is 0 Å². The van der Waals surface area contributed by atoms with Crippen LogP contribution in [0.5, 0.6) is 6.01 Å². The molecule has 1 aliphatic carbocycles. The summed E-state index contributed by atoms with van der Waals surface area (Å²) in [4.78, 5) is 8.47. The molecular formula is C15H17N3O. The van der Waals surface area contributed by atoms with Crippen molar-refractivity contribution in [3.05, 3.63) is 53.3 Å². The molecule has 2 N–H and O–H groups in total. The number of ether oxygens (including phenoxy) is 1. The van der Waals surface area contributed by atoms with E-state index in [2.05, 4.69) is 34.2 Å². The van der Waals surface area contributed by atoms with Crippen molar-refractivity contribution in [3.63, 3.8) is 0 Å². The second-order valence-electron chi connectivity index (χ2n) is 4.73. The molecule has 0 spiro atoms. The van der Waals surface area contributed by atoms with Gasteiger partial charge >= 0.3 is 6.01 Å². The Hall–Kier alpha value is -1.94. The fourth-order valence-corrected chi connectivity index (χ4v) is 2.51. The highest BCUT2D eigenvalue weighted by molar-refractivity contribution is 5.31. The number of nitrogens with two attached hydrogens (primary N) is 1. The summed E-state index contributed by atoms with van der Waals surface area (Å²) in [6, 6.07) is 10.7. The van der Waals surface area contributed by atoms with Crippen LogP contribution < -0.4 is 10.5 Å². The van der Waals surface area contributed by atoms with E-state index >= 15 is 0 Å². The van der Waals surface area contributed by atoms with Gasteiger partial charge in [-0.25, -0.2) is 4.98 Å². The first kappa shape index (κ1) is 12.1. The molecule has 1 heterocycles. The summed E-state index contributed by atoms with van der Waals surface area (Å²) in [6.07, 6.45) is 5.02. The zero-order valence-corrected chi connectivity index (χ0v) is 10.7. The maximum atomic E-state index is 5.95. The van der Waals surface area contributed by atoms with E-state index in [0.717, 1.165) is 25.0 Å². The van der Waals surface area contributed by atoms with Gasteiger partial charge in [0.15, 0.2) is 0 Å². The van der Waals surface area contributed by atoms with E-state index in [-0.39, 0.29) is 6.10 Å². The lowest BCUT2D eigenvalue weighted by Crippen LogP contribution is -2.16. The molecule has 3 rings (SSSR count). The number of aryl methyl sites for hydroxylation is 1. The molecule has 0 saturated carbocycles. The lowest BCUT2D eigenvalue weighted by molar-refractivity contribution is 0.167. The maximum Gasteiger partial charge on any atom is 0.317 e. The van der Waals surface area contributed by atoms with Crippen LogP contribution >= 0.6 is 0 Å². The summed E-state index contributed by atoms with van der Waals surface area (Å²) >= 11 is 0. The average molecular weight is 255 g/mol. The highest BCUT2D eigenvalue weighted by Crippen LogP contribution is 2.32. The first-order chi connectivity index (χ1) is 9.36. The van der Waals surface area contributed by atoms with Gasteiger partial charge in [0.1, 0.15) is 6.10 Å². The SMILES string of the molecule is NCc1ccnc(OC2CCCc3ccccc32)n1. The Morgan fingerprint density at radius 2 is 2.16 bits per heavy atom. The van der Waals surface area contributed by atoms with Crippen LogP contribution in [0.4, 0.5) is 0 Å². The van der Waals surface area contributed by atoms with Crippen LogP contribution in [0.3, 0.4) is 0 Å². The zero-order valence-electron chi connectivity index (χ0n) is 10.7. The Kier molecular flexibility index (Phi) is 3.42. The first-order valence-corrected chi connectivity index (χ1v) is 6.63. The highest BCUT2D eigenvalue weighted by Gasteiger charge is 2.22. The van der Waals surface area contributed by atoms with Gasteiger partial charge in [-0.15, -0.1) is 0 Å². The van der Waals surface area contributed by atoms with Crippen LogP contribution in [0, 0.1) is 0 Å². The van der Waals surface area contributed by atoms with Crippen LogP contribution in [0.25, 0.3) is 0 Å². The van der Waals surface area contributed by atoms with Gasteiger partial charge in [-0.2, -0.15) is 4.98 Å². The molecule has 1 atom stereocenters. The Balaban J connectivity index is 1.84. The lowest BCUT2D eigenvalue weighted by Gasteiger charge is -2.25. The lowest BCUT2D eigenvalue weighted by atomic mass is 9.89. The van der Waals surface area contributed by atoms with E-state index < -0.39 is 0 Å². The van der Waals surface area contributed by atoms with Crippen molar-refractivity contribution >= 4 is 0 Å². The normalized spacial score (nSPS) is 17.8. The summed E-state index contributed by atoms with van der Waals surface area (Å²) in [5.41, 5.74) is 9.01. The molecule has 1 unspecified atom stereocenters. The van der Waals surface area contributed by atoms with Crippen molar-refractivity contribution in [1.29, 1.82) is 0 Å². The standard InChI is InChI=1S/C15H17N3O/c16-10-12-8-9-17-15(18-12)19-14-7-3-5-11-4-1-2-6-13(11)14/h1-2,4,6,8-9,14H,3,5,7,10,16H2. The molecule has 0 radical (unpaired) electrons. The first-order valence-electron chi connectivity index (χ1n) is 6.63. The van der Waals surface area contributed by atoms with Gasteiger partial charge in [-0.3, -0.25) is 0 Å². The fraction of sp³-hybridized carbons (Fsp3) is 0.333. The van der Waals surface area contributed by atoms with Gasteiger partial charge < -0.3 is 10.5 Å². The van der Waals surface area contributed by atoms with E-state index in [4.69, 9.17) is 10.5 Å². The van der Waals surface area contributed by atoms with E-state index in [0.29, 0.717) is 12.6 Å². The number of aromatic nitrogens is 2. The minimum absolute atomic E-state index is 0.0537. The minimum Gasteiger partial charge on any atom is -0.455 e. The molecule has 0 fully saturated rings. The topological polar surface area (TPSA) is 61.0 Å². The molecule has 0 aliphatic heterocycles. The van der Waals surface area contributed by atoms with Crippen LogP contribution in [0.15, 0.2) is 36.5 Å². The minimum atomic E-state index is 0.0537. The molecule has 1 aromatic carbocycles. The molecule has 98 valence electrons. The van der Waals surface area contributed by atoms with Gasteiger partial charge in [0.05, 0.1) is 5.69 Å². The Morgan fingerprint density at radius 3 is 3.05 bits per heavy atom. The largest absolute Gasteiger partial charge is 0.455 e. The van der Waals surface area contributed by atoms with Crippen LogP contribution in [-0.4, -0.2) is 9.97 Å². The monoisotopic (exact) mass is 255 g/mol. The van der Waals surface area contributed by atoms with Crippen molar-refractivity contribution < 1.29 is 4.74 Å². The van der Waals surface area contributed by atoms with Crippen molar-refractivity contribution in [3.8, 4) is 6.01 Å². The van der Waals surface area contributed by atoms with Crippen molar-refractivity contribution in [2.75, 3.05) is 0 Å². The summed E-state index contributed by atoms with van der Waals surface area (Å²) < 4.78 is 5.95. The van der Waals surface area contributed by atoms with Crippen LogP contribution in [-0.2, 0) is 13.0 Å². The van der Waals surface area contributed by atoms with E-state index in [1.807, 2.05) is 6.07 Å². The molecule has 1 aromatic heterocycles. The van der Waals surface area contributed by atoms with Gasteiger partial charge in [-0.05, 0) is 36.5 Å². The van der Waals surface area contributed by atoms with E-state index in [9.17, 15) is 0 Å². The quantitative estimate of drug-likeness (QED) is 0.914. The number of fused-ring (bicyclic) bond motifs is 1. The summed E-state index contributed by atoms with van der Waals surface area (Å²) in [5, 5.41) is 0. The number of hydrogen-bond donors (Lipinski definition) is 1. The Morgan fingerprint density at radius 1 is 1.26 bits per heavy atom. The smallest absolute Gasteiger partial charge is 0.317 e. The average Bonchev–Trinajstić information content (AvgIpc) is 2.48. The van der Waals surface area contributed by atoms with Gasteiger partial charge in [0.2, 0.25) is 0 Å². The Labute approximate surface area is 112 Å². The molecule has 0 bridgehead atoms. The van der Waals surface area contributed by atoms with Crippen LogP contribution in [0.2, 0.25) is 0 Å². The zero-order chi connectivity index (χ0) is 13.1. The summed E-state index contributed by atoms with van der Waals surface area (Å²) in [5.74, 6) is 0. The number of rotatable bonds is 3. The number of hydrogen-bond acceptors (Lipinski definition) is 4. The second-order valence-corrected chi connectivity index (χ2v) is 4.73. The summed E-state index contributed by atoms with van der Waals surface area (Å²) in [7, 11) is 0. The van der Waals surface area contributed by atoms with Crippen molar-refractivity contribution in [2.45, 2.75) is 31.9 Å². The van der Waals surface area contributed by atoms with Gasteiger partial charge in [-0.1, -0.05) is 24.3 Å².